The van der Waals surface area contributed by atoms with Crippen molar-refractivity contribution in [2.24, 2.45) is 0 Å². The highest BCUT2D eigenvalue weighted by molar-refractivity contribution is 5.76. The molecule has 0 spiro atoms. The summed E-state index contributed by atoms with van der Waals surface area (Å²) in [7, 11) is 0. The van der Waals surface area contributed by atoms with Gasteiger partial charge in [0.15, 0.2) is 0 Å². The number of hydrogen-bond acceptors (Lipinski definition) is 2. The van der Waals surface area contributed by atoms with E-state index < -0.39 is 0 Å². The number of amides is 1. The van der Waals surface area contributed by atoms with Crippen molar-refractivity contribution < 1.29 is 4.79 Å². The van der Waals surface area contributed by atoms with Crippen LogP contribution < -0.4 is 5.32 Å². The van der Waals surface area contributed by atoms with Gasteiger partial charge in [0.25, 0.3) is 0 Å². The second kappa shape index (κ2) is 4.45. The van der Waals surface area contributed by atoms with Gasteiger partial charge in [-0.25, -0.2) is 0 Å². The van der Waals surface area contributed by atoms with Crippen LogP contribution in [0, 0.1) is 0 Å². The third-order valence-corrected chi connectivity index (χ3v) is 2.22. The quantitative estimate of drug-likeness (QED) is 0.625. The summed E-state index contributed by atoms with van der Waals surface area (Å²) in [5, 5.41) is 3.30. The minimum absolute atomic E-state index is 0.312. The summed E-state index contributed by atoms with van der Waals surface area (Å²) in [6.07, 6.45) is 1.67. The van der Waals surface area contributed by atoms with Crippen LogP contribution in [-0.4, -0.2) is 36.5 Å². The van der Waals surface area contributed by atoms with Crippen LogP contribution >= 0.6 is 0 Å². The zero-order chi connectivity index (χ0) is 8.97. The fourth-order valence-electron chi connectivity index (χ4n) is 1.50. The lowest BCUT2D eigenvalue weighted by Gasteiger charge is -2.28. The van der Waals surface area contributed by atoms with Crippen LogP contribution in [0.4, 0.5) is 0 Å². The van der Waals surface area contributed by atoms with Gasteiger partial charge in [0, 0.05) is 25.6 Å². The SMILES string of the molecule is CC(C)N1CCNCCCC1=O. The van der Waals surface area contributed by atoms with Crippen LogP contribution in [0.5, 0.6) is 0 Å². The Hall–Kier alpha value is -0.570. The molecule has 0 aromatic rings. The van der Waals surface area contributed by atoms with E-state index in [0.29, 0.717) is 18.4 Å². The lowest BCUT2D eigenvalue weighted by molar-refractivity contribution is -0.133. The highest BCUT2D eigenvalue weighted by atomic mass is 16.2. The first-order valence-corrected chi connectivity index (χ1v) is 4.72. The number of hydrogen-bond donors (Lipinski definition) is 1. The number of carbonyl (C=O) groups excluding carboxylic acids is 1. The molecule has 0 radical (unpaired) electrons. The van der Waals surface area contributed by atoms with Crippen molar-refractivity contribution in [3.63, 3.8) is 0 Å². The first-order chi connectivity index (χ1) is 5.72. The molecule has 12 heavy (non-hydrogen) atoms. The summed E-state index contributed by atoms with van der Waals surface area (Å²) in [5.41, 5.74) is 0. The van der Waals surface area contributed by atoms with Gasteiger partial charge in [-0.3, -0.25) is 4.79 Å². The van der Waals surface area contributed by atoms with Crippen LogP contribution in [0.15, 0.2) is 0 Å². The molecule has 1 N–H and O–H groups in total. The molecule has 0 aliphatic carbocycles. The zero-order valence-electron chi connectivity index (χ0n) is 7.97. The average Bonchev–Trinajstić information content (AvgIpc) is 1.96. The van der Waals surface area contributed by atoms with E-state index in [1.165, 1.54) is 0 Å². The second-order valence-corrected chi connectivity index (χ2v) is 3.53. The van der Waals surface area contributed by atoms with E-state index in [4.69, 9.17) is 0 Å². The molecule has 0 aromatic carbocycles. The van der Waals surface area contributed by atoms with E-state index in [1.807, 2.05) is 4.90 Å². The van der Waals surface area contributed by atoms with Gasteiger partial charge in [-0.15, -0.1) is 0 Å². The van der Waals surface area contributed by atoms with Crippen LogP contribution in [0.2, 0.25) is 0 Å². The van der Waals surface area contributed by atoms with Crippen molar-refractivity contribution in [1.82, 2.24) is 10.2 Å². The molecule has 0 atom stereocenters. The summed E-state index contributed by atoms with van der Waals surface area (Å²) in [5.74, 6) is 0.312. The molecule has 1 aliphatic rings. The van der Waals surface area contributed by atoms with Gasteiger partial charge in [0.2, 0.25) is 5.91 Å². The first kappa shape index (κ1) is 9.52. The van der Waals surface area contributed by atoms with E-state index in [1.54, 1.807) is 0 Å². The molecule has 0 aromatic heterocycles. The molecule has 1 heterocycles. The molecule has 70 valence electrons. The standard InChI is InChI=1S/C9H18N2O/c1-8(2)11-7-6-10-5-3-4-9(11)12/h8,10H,3-7H2,1-2H3. The van der Waals surface area contributed by atoms with Crippen LogP contribution in [0.25, 0.3) is 0 Å². The third-order valence-electron chi connectivity index (χ3n) is 2.22. The number of rotatable bonds is 1. The lowest BCUT2D eigenvalue weighted by atomic mass is 10.2. The minimum atomic E-state index is 0.312. The van der Waals surface area contributed by atoms with Crippen molar-refractivity contribution in [3.05, 3.63) is 0 Å². The molecular formula is C9H18N2O. The monoisotopic (exact) mass is 170 g/mol. The largest absolute Gasteiger partial charge is 0.339 e. The fourth-order valence-corrected chi connectivity index (χ4v) is 1.50. The Kier molecular flexibility index (Phi) is 3.53. The predicted octanol–water partition coefficient (Wildman–Crippen LogP) is 0.607. The molecule has 1 amide bonds. The van der Waals surface area contributed by atoms with Gasteiger partial charge in [-0.2, -0.15) is 0 Å². The van der Waals surface area contributed by atoms with E-state index >= 15 is 0 Å². The van der Waals surface area contributed by atoms with E-state index in [9.17, 15) is 4.79 Å². The summed E-state index contributed by atoms with van der Waals surface area (Å²) >= 11 is 0. The van der Waals surface area contributed by atoms with Crippen LogP contribution in [0.1, 0.15) is 26.7 Å². The van der Waals surface area contributed by atoms with Crippen molar-refractivity contribution in [2.75, 3.05) is 19.6 Å². The zero-order valence-corrected chi connectivity index (χ0v) is 7.97. The molecule has 1 saturated heterocycles. The number of nitrogens with one attached hydrogen (secondary N) is 1. The minimum Gasteiger partial charge on any atom is -0.339 e. The Bertz CT molecular complexity index is 157. The number of carbonyl (C=O) groups is 1. The Balaban J connectivity index is 2.49. The maximum absolute atomic E-state index is 11.5. The van der Waals surface area contributed by atoms with Crippen molar-refractivity contribution in [1.29, 1.82) is 0 Å². The Morgan fingerprint density at radius 3 is 2.83 bits per heavy atom. The third kappa shape index (κ3) is 2.48. The molecule has 1 aliphatic heterocycles. The Morgan fingerprint density at radius 2 is 2.17 bits per heavy atom. The summed E-state index contributed by atoms with van der Waals surface area (Å²) in [4.78, 5) is 13.5. The van der Waals surface area contributed by atoms with E-state index in [0.717, 1.165) is 26.1 Å². The molecule has 3 heteroatoms. The maximum Gasteiger partial charge on any atom is 0.222 e. The Morgan fingerprint density at radius 1 is 1.42 bits per heavy atom. The van der Waals surface area contributed by atoms with Crippen LogP contribution in [-0.2, 0) is 4.79 Å². The van der Waals surface area contributed by atoms with Crippen molar-refractivity contribution in [3.8, 4) is 0 Å². The highest BCUT2D eigenvalue weighted by Gasteiger charge is 2.17. The lowest BCUT2D eigenvalue weighted by Crippen LogP contribution is -2.43. The van der Waals surface area contributed by atoms with E-state index in [2.05, 4.69) is 19.2 Å². The average molecular weight is 170 g/mol. The molecule has 1 fully saturated rings. The Labute approximate surface area is 74.1 Å². The van der Waals surface area contributed by atoms with Crippen LogP contribution in [0.3, 0.4) is 0 Å². The van der Waals surface area contributed by atoms with Crippen molar-refractivity contribution >= 4 is 5.91 Å². The normalized spacial score (nSPS) is 20.9. The van der Waals surface area contributed by atoms with Gasteiger partial charge in [-0.05, 0) is 26.8 Å². The summed E-state index contributed by atoms with van der Waals surface area (Å²) in [6.45, 7) is 6.91. The molecule has 0 saturated carbocycles. The molecule has 0 unspecified atom stereocenters. The molecule has 1 rings (SSSR count). The molecule has 0 bridgehead atoms. The van der Waals surface area contributed by atoms with Gasteiger partial charge < -0.3 is 10.2 Å². The van der Waals surface area contributed by atoms with Gasteiger partial charge >= 0.3 is 0 Å². The molecular weight excluding hydrogens is 152 g/mol. The first-order valence-electron chi connectivity index (χ1n) is 4.72. The summed E-state index contributed by atoms with van der Waals surface area (Å²) < 4.78 is 0. The van der Waals surface area contributed by atoms with E-state index in [-0.39, 0.29) is 0 Å². The van der Waals surface area contributed by atoms with Gasteiger partial charge in [0.1, 0.15) is 0 Å². The maximum atomic E-state index is 11.5. The molecule has 3 nitrogen and oxygen atoms in total. The van der Waals surface area contributed by atoms with Crippen molar-refractivity contribution in [2.45, 2.75) is 32.7 Å². The highest BCUT2D eigenvalue weighted by Crippen LogP contribution is 2.04. The van der Waals surface area contributed by atoms with Gasteiger partial charge in [0.05, 0.1) is 0 Å². The smallest absolute Gasteiger partial charge is 0.222 e. The fraction of sp³-hybridized carbons (Fsp3) is 0.889. The topological polar surface area (TPSA) is 32.3 Å². The predicted molar refractivity (Wildman–Crippen MR) is 49.0 cm³/mol. The number of nitrogens with zero attached hydrogens (tertiary/aromatic N) is 1. The summed E-state index contributed by atoms with van der Waals surface area (Å²) in [6, 6.07) is 0.345. The second-order valence-electron chi connectivity index (χ2n) is 3.53. The van der Waals surface area contributed by atoms with Gasteiger partial charge in [-0.1, -0.05) is 0 Å².